The molecule has 0 saturated carbocycles. The molecule has 25 heavy (non-hydrogen) atoms. The molecule has 1 N–H and O–H groups in total. The zero-order chi connectivity index (χ0) is 17.6. The van der Waals surface area contributed by atoms with Crippen LogP contribution in [-0.4, -0.2) is 76.3 Å². The van der Waals surface area contributed by atoms with E-state index in [-0.39, 0.29) is 5.91 Å². The van der Waals surface area contributed by atoms with E-state index in [4.69, 9.17) is 0 Å². The van der Waals surface area contributed by atoms with Gasteiger partial charge in [0.05, 0.1) is 6.54 Å². The van der Waals surface area contributed by atoms with E-state index in [9.17, 15) is 4.79 Å². The maximum Gasteiger partial charge on any atom is 0.251 e. The minimum absolute atomic E-state index is 0.0201. The summed E-state index contributed by atoms with van der Waals surface area (Å²) in [5.74, 6) is -0.0201. The van der Waals surface area contributed by atoms with Gasteiger partial charge in [0.2, 0.25) is 0 Å². The highest BCUT2D eigenvalue weighted by Gasteiger charge is 2.19. The molecule has 1 aliphatic rings. The SMILES string of the molecule is C[C@H](CNC(=O)c1ccc(Cn2cncn2)cc1)N1CCN(C)CC1. The molecule has 1 saturated heterocycles. The Hall–Kier alpha value is -2.25. The number of carbonyl (C=O) groups is 1. The number of benzene rings is 1. The zero-order valence-electron chi connectivity index (χ0n) is 14.9. The molecule has 1 aromatic heterocycles. The molecule has 134 valence electrons. The number of nitrogens with one attached hydrogen (secondary N) is 1. The van der Waals surface area contributed by atoms with Gasteiger partial charge in [-0.1, -0.05) is 12.1 Å². The van der Waals surface area contributed by atoms with Crippen molar-refractivity contribution in [1.82, 2.24) is 29.9 Å². The Labute approximate surface area is 148 Å². The highest BCUT2D eigenvalue weighted by molar-refractivity contribution is 5.94. The normalized spacial score (nSPS) is 17.4. The van der Waals surface area contributed by atoms with Crippen LogP contribution in [0.1, 0.15) is 22.8 Å². The van der Waals surface area contributed by atoms with Crippen molar-refractivity contribution in [3.63, 3.8) is 0 Å². The first kappa shape index (κ1) is 17.6. The Kier molecular flexibility index (Phi) is 5.78. The largest absolute Gasteiger partial charge is 0.350 e. The lowest BCUT2D eigenvalue weighted by molar-refractivity contribution is 0.0903. The van der Waals surface area contributed by atoms with Crippen LogP contribution in [0, 0.1) is 0 Å². The number of amides is 1. The molecule has 0 radical (unpaired) electrons. The maximum absolute atomic E-state index is 12.3. The molecule has 1 aromatic carbocycles. The molecule has 1 fully saturated rings. The summed E-state index contributed by atoms with van der Waals surface area (Å²) in [7, 11) is 2.15. The van der Waals surface area contributed by atoms with E-state index in [1.165, 1.54) is 6.33 Å². The van der Waals surface area contributed by atoms with Crippen LogP contribution in [0.4, 0.5) is 0 Å². The van der Waals surface area contributed by atoms with E-state index in [1.54, 1.807) is 11.0 Å². The minimum atomic E-state index is -0.0201. The lowest BCUT2D eigenvalue weighted by atomic mass is 10.1. The summed E-state index contributed by atoms with van der Waals surface area (Å²) in [5, 5.41) is 7.14. The fraction of sp³-hybridized carbons (Fsp3) is 0.500. The van der Waals surface area contributed by atoms with Gasteiger partial charge in [0.25, 0.3) is 5.91 Å². The van der Waals surface area contributed by atoms with Gasteiger partial charge in [-0.15, -0.1) is 0 Å². The van der Waals surface area contributed by atoms with Crippen LogP contribution in [-0.2, 0) is 6.54 Å². The molecule has 0 bridgehead atoms. The smallest absolute Gasteiger partial charge is 0.251 e. The summed E-state index contributed by atoms with van der Waals surface area (Å²) in [6.07, 6.45) is 3.20. The highest BCUT2D eigenvalue weighted by Crippen LogP contribution is 2.07. The molecule has 1 aliphatic heterocycles. The van der Waals surface area contributed by atoms with Crippen LogP contribution >= 0.6 is 0 Å². The second-order valence-electron chi connectivity index (χ2n) is 6.69. The van der Waals surface area contributed by atoms with E-state index in [0.29, 0.717) is 24.7 Å². The number of hydrogen-bond donors (Lipinski definition) is 1. The van der Waals surface area contributed by atoms with Crippen molar-refractivity contribution >= 4 is 5.91 Å². The van der Waals surface area contributed by atoms with Gasteiger partial charge in [0.15, 0.2) is 0 Å². The third-order valence-electron chi connectivity index (χ3n) is 4.75. The van der Waals surface area contributed by atoms with Crippen LogP contribution in [0.25, 0.3) is 0 Å². The van der Waals surface area contributed by atoms with Crippen molar-refractivity contribution in [3.8, 4) is 0 Å². The number of piperazine rings is 1. The van der Waals surface area contributed by atoms with Gasteiger partial charge in [-0.3, -0.25) is 9.69 Å². The lowest BCUT2D eigenvalue weighted by Gasteiger charge is -2.36. The second kappa shape index (κ2) is 8.22. The van der Waals surface area contributed by atoms with Crippen molar-refractivity contribution in [1.29, 1.82) is 0 Å². The van der Waals surface area contributed by atoms with Gasteiger partial charge in [-0.25, -0.2) is 9.67 Å². The first-order valence-electron chi connectivity index (χ1n) is 8.74. The number of hydrogen-bond acceptors (Lipinski definition) is 5. The minimum Gasteiger partial charge on any atom is -0.350 e. The molecular formula is C18H26N6O. The predicted octanol–water partition coefficient (Wildman–Crippen LogP) is 0.692. The summed E-state index contributed by atoms with van der Waals surface area (Å²) in [4.78, 5) is 21.0. The average Bonchev–Trinajstić information content (AvgIpc) is 3.13. The maximum atomic E-state index is 12.3. The molecule has 3 rings (SSSR count). The topological polar surface area (TPSA) is 66.3 Å². The highest BCUT2D eigenvalue weighted by atomic mass is 16.1. The molecule has 0 aliphatic carbocycles. The van der Waals surface area contributed by atoms with Crippen molar-refractivity contribution in [3.05, 3.63) is 48.0 Å². The Morgan fingerprint density at radius 3 is 2.56 bits per heavy atom. The molecule has 2 heterocycles. The third kappa shape index (κ3) is 4.87. The summed E-state index contributed by atoms with van der Waals surface area (Å²) in [5.41, 5.74) is 1.78. The van der Waals surface area contributed by atoms with Crippen LogP contribution in [0.15, 0.2) is 36.9 Å². The molecule has 0 spiro atoms. The standard InChI is InChI=1S/C18H26N6O/c1-15(23-9-7-22(2)8-10-23)11-20-18(25)17-5-3-16(4-6-17)12-24-14-19-13-21-24/h3-6,13-15H,7-12H2,1-2H3,(H,20,25)/t15-/m1/s1. The van der Waals surface area contributed by atoms with Gasteiger partial charge in [-0.2, -0.15) is 5.10 Å². The summed E-state index contributed by atoms with van der Waals surface area (Å²) in [6.45, 7) is 7.80. The van der Waals surface area contributed by atoms with E-state index >= 15 is 0 Å². The van der Waals surface area contributed by atoms with Gasteiger partial charge in [0.1, 0.15) is 12.7 Å². The number of likely N-dealkylation sites (N-methyl/N-ethyl adjacent to an activating group) is 1. The van der Waals surface area contributed by atoms with E-state index in [1.807, 2.05) is 24.3 Å². The summed E-state index contributed by atoms with van der Waals surface area (Å²) >= 11 is 0. The van der Waals surface area contributed by atoms with Gasteiger partial charge < -0.3 is 10.2 Å². The number of rotatable bonds is 6. The summed E-state index contributed by atoms with van der Waals surface area (Å²) < 4.78 is 1.76. The average molecular weight is 342 g/mol. The van der Waals surface area contributed by atoms with E-state index in [2.05, 4.69) is 39.2 Å². The van der Waals surface area contributed by atoms with Crippen molar-refractivity contribution in [2.45, 2.75) is 19.5 Å². The van der Waals surface area contributed by atoms with Crippen LogP contribution < -0.4 is 5.32 Å². The Balaban J connectivity index is 1.47. The third-order valence-corrected chi connectivity index (χ3v) is 4.75. The predicted molar refractivity (Wildman–Crippen MR) is 96.4 cm³/mol. The summed E-state index contributed by atoms with van der Waals surface area (Å²) in [6, 6.07) is 8.00. The van der Waals surface area contributed by atoms with Crippen molar-refractivity contribution < 1.29 is 4.79 Å². The quantitative estimate of drug-likeness (QED) is 0.837. The van der Waals surface area contributed by atoms with Crippen molar-refractivity contribution in [2.24, 2.45) is 0 Å². The Morgan fingerprint density at radius 1 is 1.20 bits per heavy atom. The first-order valence-corrected chi connectivity index (χ1v) is 8.74. The van der Waals surface area contributed by atoms with Crippen molar-refractivity contribution in [2.75, 3.05) is 39.8 Å². The molecule has 7 nitrogen and oxygen atoms in total. The molecule has 7 heteroatoms. The van der Waals surface area contributed by atoms with Crippen LogP contribution in [0.3, 0.4) is 0 Å². The van der Waals surface area contributed by atoms with Crippen LogP contribution in [0.2, 0.25) is 0 Å². The lowest BCUT2D eigenvalue weighted by Crippen LogP contribution is -2.51. The molecule has 2 aromatic rings. The Morgan fingerprint density at radius 2 is 1.92 bits per heavy atom. The van der Waals surface area contributed by atoms with Gasteiger partial charge >= 0.3 is 0 Å². The number of carbonyl (C=O) groups excluding carboxylic acids is 1. The zero-order valence-corrected chi connectivity index (χ0v) is 14.9. The fourth-order valence-electron chi connectivity index (χ4n) is 3.00. The fourth-order valence-corrected chi connectivity index (χ4v) is 3.00. The van der Waals surface area contributed by atoms with E-state index in [0.717, 1.165) is 31.7 Å². The van der Waals surface area contributed by atoms with Gasteiger partial charge in [-0.05, 0) is 31.7 Å². The molecule has 1 atom stereocenters. The van der Waals surface area contributed by atoms with Crippen LogP contribution in [0.5, 0.6) is 0 Å². The van der Waals surface area contributed by atoms with E-state index < -0.39 is 0 Å². The molecular weight excluding hydrogens is 316 g/mol. The first-order chi connectivity index (χ1) is 12.1. The Bertz CT molecular complexity index is 661. The second-order valence-corrected chi connectivity index (χ2v) is 6.69. The monoisotopic (exact) mass is 342 g/mol. The molecule has 0 unspecified atom stereocenters. The number of aromatic nitrogens is 3. The van der Waals surface area contributed by atoms with Gasteiger partial charge in [0, 0.05) is 44.3 Å². The molecule has 1 amide bonds. The number of nitrogens with zero attached hydrogens (tertiary/aromatic N) is 5.